The topological polar surface area (TPSA) is 84.0 Å². The van der Waals surface area contributed by atoms with Crippen molar-refractivity contribution >= 4 is 23.6 Å². The highest BCUT2D eigenvalue weighted by Crippen LogP contribution is 2.17. The van der Waals surface area contributed by atoms with E-state index in [1.165, 1.54) is 17.1 Å². The largest absolute Gasteiger partial charge is 0.374 e. The minimum absolute atomic E-state index is 0.179. The maximum atomic E-state index is 11.4. The van der Waals surface area contributed by atoms with E-state index >= 15 is 0 Å². The summed E-state index contributed by atoms with van der Waals surface area (Å²) in [6.07, 6.45) is 5.60. The van der Waals surface area contributed by atoms with Gasteiger partial charge in [-0.1, -0.05) is 13.0 Å². The molecular weight excluding hydrogens is 288 g/mol. The van der Waals surface area contributed by atoms with Crippen LogP contribution in [0.25, 0.3) is 0 Å². The molecule has 0 aromatic carbocycles. The molecule has 2 heterocycles. The molecule has 0 N–H and O–H groups in total. The van der Waals surface area contributed by atoms with Gasteiger partial charge in [0.1, 0.15) is 5.76 Å². The van der Waals surface area contributed by atoms with Crippen LogP contribution in [0.5, 0.6) is 0 Å². The first kappa shape index (κ1) is 15.9. The van der Waals surface area contributed by atoms with E-state index in [2.05, 4.69) is 6.58 Å². The zero-order valence-electron chi connectivity index (χ0n) is 12.2. The van der Waals surface area contributed by atoms with Crippen LogP contribution in [0.1, 0.15) is 38.5 Å². The van der Waals surface area contributed by atoms with Crippen LogP contribution >= 0.6 is 0 Å². The fourth-order valence-electron chi connectivity index (χ4n) is 2.25. The number of hydrogen-bond donors (Lipinski definition) is 0. The van der Waals surface area contributed by atoms with Crippen molar-refractivity contribution in [3.63, 3.8) is 0 Å². The summed E-state index contributed by atoms with van der Waals surface area (Å²) in [6.45, 7) is 4.08. The number of unbranched alkanes of at least 4 members (excludes halogenated alkanes) is 2. The molecule has 7 nitrogen and oxygen atoms in total. The van der Waals surface area contributed by atoms with Crippen LogP contribution in [0.3, 0.4) is 0 Å². The lowest BCUT2D eigenvalue weighted by Gasteiger charge is -2.16. The van der Waals surface area contributed by atoms with Crippen molar-refractivity contribution in [1.82, 2.24) is 9.96 Å². The van der Waals surface area contributed by atoms with E-state index in [4.69, 9.17) is 4.84 Å². The van der Waals surface area contributed by atoms with Crippen molar-refractivity contribution < 1.29 is 24.0 Å². The third-order valence-corrected chi connectivity index (χ3v) is 3.46. The highest BCUT2D eigenvalue weighted by Gasteiger charge is 2.31. The van der Waals surface area contributed by atoms with Crippen molar-refractivity contribution in [3.8, 4) is 0 Å². The number of imide groups is 2. The van der Waals surface area contributed by atoms with E-state index in [1.807, 2.05) is 0 Å². The van der Waals surface area contributed by atoms with Crippen LogP contribution in [-0.4, -0.2) is 40.1 Å². The molecule has 7 heteroatoms. The van der Waals surface area contributed by atoms with Gasteiger partial charge in [0.05, 0.1) is 0 Å². The molecule has 0 aromatic heterocycles. The smallest absolute Gasteiger partial charge is 0.263 e. The van der Waals surface area contributed by atoms with E-state index in [1.54, 1.807) is 0 Å². The van der Waals surface area contributed by atoms with E-state index in [-0.39, 0.29) is 36.5 Å². The van der Waals surface area contributed by atoms with Gasteiger partial charge in [-0.3, -0.25) is 24.1 Å². The average Bonchev–Trinajstić information content (AvgIpc) is 2.96. The quantitative estimate of drug-likeness (QED) is 0.380. The Morgan fingerprint density at radius 1 is 1.00 bits per heavy atom. The van der Waals surface area contributed by atoms with Crippen LogP contribution in [0.15, 0.2) is 24.5 Å². The van der Waals surface area contributed by atoms with Gasteiger partial charge in [-0.2, -0.15) is 0 Å². The first-order valence-electron chi connectivity index (χ1n) is 7.24. The van der Waals surface area contributed by atoms with E-state index in [0.717, 1.165) is 17.9 Å². The number of allylic oxidation sites excluding steroid dienone is 1. The van der Waals surface area contributed by atoms with Crippen LogP contribution in [0, 0.1) is 0 Å². The summed E-state index contributed by atoms with van der Waals surface area (Å²) in [5.41, 5.74) is 0. The lowest BCUT2D eigenvalue weighted by molar-refractivity contribution is -0.177. The Kier molecular flexibility index (Phi) is 5.08. The summed E-state index contributed by atoms with van der Waals surface area (Å²) in [7, 11) is 0. The SMILES string of the molecule is C=C(CCCCCN1C(=O)C=CC1=O)ON1C(=O)CCC1=O. The third kappa shape index (κ3) is 3.81. The standard InChI is InChI=1S/C15H18N2O5/c1-11(22-17-14(20)8-9-15(17)21)5-3-2-4-10-16-12(18)6-7-13(16)19/h6-7H,1-5,8-10H2. The van der Waals surface area contributed by atoms with Gasteiger partial charge in [0.2, 0.25) is 0 Å². The van der Waals surface area contributed by atoms with Crippen LogP contribution in [0.2, 0.25) is 0 Å². The second kappa shape index (κ2) is 7.02. The predicted molar refractivity (Wildman–Crippen MR) is 75.6 cm³/mol. The molecule has 0 unspecified atom stereocenters. The molecule has 0 bridgehead atoms. The molecule has 0 aromatic rings. The van der Waals surface area contributed by atoms with Crippen LogP contribution in [-0.2, 0) is 24.0 Å². The predicted octanol–water partition coefficient (Wildman–Crippen LogP) is 1.07. The highest BCUT2D eigenvalue weighted by atomic mass is 16.7. The van der Waals surface area contributed by atoms with Crippen molar-refractivity contribution in [1.29, 1.82) is 0 Å². The second-order valence-electron chi connectivity index (χ2n) is 5.18. The summed E-state index contributed by atoms with van der Waals surface area (Å²) in [5, 5.41) is 0.773. The Hall–Kier alpha value is -2.44. The first-order valence-corrected chi connectivity index (χ1v) is 7.24. The molecule has 0 aliphatic carbocycles. The van der Waals surface area contributed by atoms with Gasteiger partial charge >= 0.3 is 0 Å². The third-order valence-electron chi connectivity index (χ3n) is 3.46. The molecule has 2 aliphatic rings. The Bertz CT molecular complexity index is 518. The summed E-state index contributed by atoms with van der Waals surface area (Å²) in [5.74, 6) is -0.874. The Morgan fingerprint density at radius 2 is 1.59 bits per heavy atom. The minimum atomic E-state index is -0.343. The molecular formula is C15H18N2O5. The van der Waals surface area contributed by atoms with Gasteiger partial charge in [0.25, 0.3) is 23.6 Å². The van der Waals surface area contributed by atoms with E-state index in [0.29, 0.717) is 25.1 Å². The molecule has 0 radical (unpaired) electrons. The molecule has 4 amide bonds. The zero-order chi connectivity index (χ0) is 16.1. The van der Waals surface area contributed by atoms with E-state index < -0.39 is 0 Å². The maximum absolute atomic E-state index is 11.4. The van der Waals surface area contributed by atoms with Gasteiger partial charge in [0.15, 0.2) is 0 Å². The molecule has 1 fully saturated rings. The Balaban J connectivity index is 1.60. The van der Waals surface area contributed by atoms with Crippen molar-refractivity contribution in [3.05, 3.63) is 24.5 Å². The van der Waals surface area contributed by atoms with Gasteiger partial charge in [-0.25, -0.2) is 0 Å². The van der Waals surface area contributed by atoms with Crippen LogP contribution in [0.4, 0.5) is 0 Å². The lowest BCUT2D eigenvalue weighted by Crippen LogP contribution is -2.30. The Labute approximate surface area is 128 Å². The fraction of sp³-hybridized carbons (Fsp3) is 0.467. The molecule has 0 saturated carbocycles. The zero-order valence-corrected chi connectivity index (χ0v) is 12.2. The monoisotopic (exact) mass is 306 g/mol. The number of carbonyl (C=O) groups is 4. The molecule has 0 atom stereocenters. The second-order valence-corrected chi connectivity index (χ2v) is 5.18. The number of amides is 4. The minimum Gasteiger partial charge on any atom is -0.374 e. The number of hydrogen-bond acceptors (Lipinski definition) is 5. The van der Waals surface area contributed by atoms with Gasteiger partial charge in [-0.15, -0.1) is 5.06 Å². The number of hydroxylamine groups is 2. The summed E-state index contributed by atoms with van der Waals surface area (Å²) in [6, 6.07) is 0. The summed E-state index contributed by atoms with van der Waals surface area (Å²) >= 11 is 0. The molecule has 118 valence electrons. The summed E-state index contributed by atoms with van der Waals surface area (Å²) in [4.78, 5) is 51.8. The van der Waals surface area contributed by atoms with Gasteiger partial charge in [0, 0.05) is 38.0 Å². The van der Waals surface area contributed by atoms with Crippen LogP contribution < -0.4 is 0 Å². The van der Waals surface area contributed by atoms with E-state index in [9.17, 15) is 19.2 Å². The first-order chi connectivity index (χ1) is 10.5. The molecule has 0 spiro atoms. The number of rotatable bonds is 8. The molecule has 2 aliphatic heterocycles. The molecule has 1 saturated heterocycles. The average molecular weight is 306 g/mol. The highest BCUT2D eigenvalue weighted by molar-refractivity contribution is 6.12. The Morgan fingerprint density at radius 3 is 2.18 bits per heavy atom. The maximum Gasteiger partial charge on any atom is 0.263 e. The van der Waals surface area contributed by atoms with Crippen molar-refractivity contribution in [2.24, 2.45) is 0 Å². The normalized spacial score (nSPS) is 17.8. The van der Waals surface area contributed by atoms with Crippen molar-refractivity contribution in [2.75, 3.05) is 6.54 Å². The number of nitrogens with zero attached hydrogens (tertiary/aromatic N) is 2. The fourth-order valence-corrected chi connectivity index (χ4v) is 2.25. The number of carbonyl (C=O) groups excluding carboxylic acids is 4. The van der Waals surface area contributed by atoms with Gasteiger partial charge < -0.3 is 4.84 Å². The molecule has 2 rings (SSSR count). The summed E-state index contributed by atoms with van der Waals surface area (Å²) < 4.78 is 0. The van der Waals surface area contributed by atoms with Gasteiger partial charge in [-0.05, 0) is 12.8 Å². The molecule has 22 heavy (non-hydrogen) atoms. The van der Waals surface area contributed by atoms with Crippen molar-refractivity contribution in [2.45, 2.75) is 38.5 Å². The lowest BCUT2D eigenvalue weighted by atomic mass is 10.2.